The molecule has 0 heterocycles. The number of aromatic hydroxyl groups is 1. The fourth-order valence-electron chi connectivity index (χ4n) is 2.88. The number of benzene rings is 1. The zero-order valence-corrected chi connectivity index (χ0v) is 12.0. The third kappa shape index (κ3) is 4.17. The molecule has 1 aromatic carbocycles. The van der Waals surface area contributed by atoms with E-state index < -0.39 is 17.4 Å². The molecule has 0 unspecified atom stereocenters. The molecule has 0 atom stereocenters. The monoisotopic (exact) mass is 283 g/mol. The first-order valence-electron chi connectivity index (χ1n) is 7.44. The highest BCUT2D eigenvalue weighted by molar-refractivity contribution is 5.29. The van der Waals surface area contributed by atoms with Crippen LogP contribution in [0.2, 0.25) is 0 Å². The van der Waals surface area contributed by atoms with Gasteiger partial charge in [-0.25, -0.2) is 8.78 Å². The summed E-state index contributed by atoms with van der Waals surface area (Å²) < 4.78 is 26.3. The lowest BCUT2D eigenvalue weighted by Crippen LogP contribution is -2.20. The maximum Gasteiger partial charge on any atom is 0.187 e. The van der Waals surface area contributed by atoms with Crippen molar-refractivity contribution in [1.82, 2.24) is 5.32 Å². The Morgan fingerprint density at radius 3 is 2.35 bits per heavy atom. The van der Waals surface area contributed by atoms with Gasteiger partial charge in [0, 0.05) is 6.54 Å². The zero-order chi connectivity index (χ0) is 14.5. The van der Waals surface area contributed by atoms with Crippen molar-refractivity contribution < 1.29 is 13.9 Å². The van der Waals surface area contributed by atoms with Crippen LogP contribution in [-0.4, -0.2) is 11.7 Å². The van der Waals surface area contributed by atoms with Crippen LogP contribution >= 0.6 is 0 Å². The minimum absolute atomic E-state index is 0.428. The second-order valence-electron chi connectivity index (χ2n) is 6.00. The van der Waals surface area contributed by atoms with Crippen LogP contribution in [0.25, 0.3) is 0 Å². The number of nitrogens with one attached hydrogen (secondary N) is 1. The number of rotatable bonds is 5. The van der Waals surface area contributed by atoms with Crippen molar-refractivity contribution in [2.75, 3.05) is 6.54 Å². The Morgan fingerprint density at radius 2 is 1.75 bits per heavy atom. The molecular weight excluding hydrogens is 260 g/mol. The van der Waals surface area contributed by atoms with E-state index in [2.05, 4.69) is 12.2 Å². The molecule has 0 radical (unpaired) electrons. The first-order valence-corrected chi connectivity index (χ1v) is 7.44. The van der Waals surface area contributed by atoms with E-state index in [1.54, 1.807) is 0 Å². The maximum atomic E-state index is 13.2. The Kier molecular flexibility index (Phi) is 5.35. The predicted molar refractivity (Wildman–Crippen MR) is 75.5 cm³/mol. The zero-order valence-electron chi connectivity index (χ0n) is 12.0. The van der Waals surface area contributed by atoms with Crippen molar-refractivity contribution in [2.24, 2.45) is 11.8 Å². The SMILES string of the molecule is CC1CCC(CCNCc2cc(F)c(O)c(F)c2)CC1. The van der Waals surface area contributed by atoms with Crippen LogP contribution in [0.15, 0.2) is 12.1 Å². The molecule has 20 heavy (non-hydrogen) atoms. The highest BCUT2D eigenvalue weighted by Crippen LogP contribution is 2.30. The lowest BCUT2D eigenvalue weighted by molar-refractivity contribution is 0.275. The molecule has 1 aromatic rings. The van der Waals surface area contributed by atoms with Gasteiger partial charge in [-0.15, -0.1) is 0 Å². The van der Waals surface area contributed by atoms with Gasteiger partial charge < -0.3 is 10.4 Å². The van der Waals surface area contributed by atoms with Gasteiger partial charge in [0.25, 0.3) is 0 Å². The largest absolute Gasteiger partial charge is 0.503 e. The number of hydrogen-bond donors (Lipinski definition) is 2. The number of phenols is 1. The van der Waals surface area contributed by atoms with Crippen molar-refractivity contribution in [3.8, 4) is 5.75 Å². The molecule has 1 aliphatic carbocycles. The van der Waals surface area contributed by atoms with Crippen LogP contribution in [0.5, 0.6) is 5.75 Å². The molecule has 0 amide bonds. The van der Waals surface area contributed by atoms with Crippen LogP contribution in [0.1, 0.15) is 44.6 Å². The van der Waals surface area contributed by atoms with E-state index >= 15 is 0 Å². The number of halogens is 2. The summed E-state index contributed by atoms with van der Waals surface area (Å²) in [5.74, 6) is -1.05. The van der Waals surface area contributed by atoms with E-state index in [1.807, 2.05) is 0 Å². The van der Waals surface area contributed by atoms with Gasteiger partial charge in [-0.05, 0) is 42.5 Å². The topological polar surface area (TPSA) is 32.3 Å². The molecule has 0 saturated heterocycles. The summed E-state index contributed by atoms with van der Waals surface area (Å²) in [5, 5.41) is 12.2. The van der Waals surface area contributed by atoms with E-state index in [1.165, 1.54) is 37.8 Å². The summed E-state index contributed by atoms with van der Waals surface area (Å²) in [6.45, 7) is 3.60. The first kappa shape index (κ1) is 15.2. The molecule has 0 bridgehead atoms. The number of phenolic OH excluding ortho intramolecular Hbond substituents is 1. The third-order valence-corrected chi connectivity index (χ3v) is 4.27. The van der Waals surface area contributed by atoms with Gasteiger partial charge in [0.15, 0.2) is 17.4 Å². The van der Waals surface area contributed by atoms with Crippen molar-refractivity contribution in [1.29, 1.82) is 0 Å². The van der Waals surface area contributed by atoms with Crippen LogP contribution in [0.4, 0.5) is 8.78 Å². The minimum Gasteiger partial charge on any atom is -0.503 e. The van der Waals surface area contributed by atoms with Crippen LogP contribution in [0.3, 0.4) is 0 Å². The van der Waals surface area contributed by atoms with E-state index in [-0.39, 0.29) is 0 Å². The number of hydrogen-bond acceptors (Lipinski definition) is 2. The van der Waals surface area contributed by atoms with E-state index in [9.17, 15) is 8.78 Å². The summed E-state index contributed by atoms with van der Waals surface area (Å²) in [4.78, 5) is 0. The smallest absolute Gasteiger partial charge is 0.187 e. The summed E-state index contributed by atoms with van der Waals surface area (Å²) in [6.07, 6.45) is 6.35. The van der Waals surface area contributed by atoms with Gasteiger partial charge in [0.05, 0.1) is 0 Å². The van der Waals surface area contributed by atoms with E-state index in [0.717, 1.165) is 24.8 Å². The van der Waals surface area contributed by atoms with Crippen molar-refractivity contribution in [3.63, 3.8) is 0 Å². The lowest BCUT2D eigenvalue weighted by atomic mass is 9.81. The quantitative estimate of drug-likeness (QED) is 0.801. The van der Waals surface area contributed by atoms with Crippen molar-refractivity contribution >= 4 is 0 Å². The van der Waals surface area contributed by atoms with Gasteiger partial charge >= 0.3 is 0 Å². The Balaban J connectivity index is 1.71. The third-order valence-electron chi connectivity index (χ3n) is 4.27. The highest BCUT2D eigenvalue weighted by Gasteiger charge is 2.17. The second-order valence-corrected chi connectivity index (χ2v) is 6.00. The minimum atomic E-state index is -0.900. The fourth-order valence-corrected chi connectivity index (χ4v) is 2.88. The summed E-state index contributed by atoms with van der Waals surface area (Å²) in [7, 11) is 0. The van der Waals surface area contributed by atoms with E-state index in [0.29, 0.717) is 12.1 Å². The van der Waals surface area contributed by atoms with Gasteiger partial charge in [0.1, 0.15) is 0 Å². The van der Waals surface area contributed by atoms with E-state index in [4.69, 9.17) is 5.11 Å². The first-order chi connectivity index (χ1) is 9.56. The molecular formula is C16H23F2NO. The molecule has 2 N–H and O–H groups in total. The molecule has 1 aliphatic rings. The van der Waals surface area contributed by atoms with Crippen molar-refractivity contribution in [3.05, 3.63) is 29.3 Å². The molecule has 2 nitrogen and oxygen atoms in total. The lowest BCUT2D eigenvalue weighted by Gasteiger charge is -2.26. The normalized spacial score (nSPS) is 22.9. The Bertz CT molecular complexity index is 419. The fraction of sp³-hybridized carbons (Fsp3) is 0.625. The molecule has 0 aliphatic heterocycles. The molecule has 1 saturated carbocycles. The standard InChI is InChI=1S/C16H23F2NO/c1-11-2-4-12(5-3-11)6-7-19-10-13-8-14(17)16(20)15(18)9-13/h8-9,11-12,19-20H,2-7,10H2,1H3. The van der Waals surface area contributed by atoms with Gasteiger partial charge in [-0.2, -0.15) is 0 Å². The second kappa shape index (κ2) is 7.02. The molecule has 4 heteroatoms. The summed E-state index contributed by atoms with van der Waals surface area (Å²) >= 11 is 0. The Morgan fingerprint density at radius 1 is 1.15 bits per heavy atom. The Hall–Kier alpha value is -1.16. The molecule has 1 fully saturated rings. The maximum absolute atomic E-state index is 13.2. The highest BCUT2D eigenvalue weighted by atomic mass is 19.1. The van der Waals surface area contributed by atoms with Crippen molar-refractivity contribution in [2.45, 2.75) is 45.6 Å². The molecule has 0 aromatic heterocycles. The Labute approximate surface area is 119 Å². The summed E-state index contributed by atoms with van der Waals surface area (Å²) in [6, 6.07) is 2.35. The van der Waals surface area contributed by atoms with Gasteiger partial charge in [0.2, 0.25) is 0 Å². The van der Waals surface area contributed by atoms with Gasteiger partial charge in [-0.1, -0.05) is 32.6 Å². The molecule has 112 valence electrons. The van der Waals surface area contributed by atoms with Crippen LogP contribution in [0, 0.1) is 23.5 Å². The van der Waals surface area contributed by atoms with Crippen LogP contribution < -0.4 is 5.32 Å². The van der Waals surface area contributed by atoms with Gasteiger partial charge in [-0.3, -0.25) is 0 Å². The average molecular weight is 283 g/mol. The molecule has 2 rings (SSSR count). The summed E-state index contributed by atoms with van der Waals surface area (Å²) in [5.41, 5.74) is 0.523. The molecule has 0 spiro atoms. The predicted octanol–water partition coefficient (Wildman–Crippen LogP) is 3.98. The average Bonchev–Trinajstić information content (AvgIpc) is 2.43. The van der Waals surface area contributed by atoms with Crippen LogP contribution in [-0.2, 0) is 6.54 Å².